The van der Waals surface area contributed by atoms with E-state index in [1.54, 1.807) is 12.1 Å². The standard InChI is InChI=1S/C15H25FN2/c1-5-7-11-18(6-2)15-13(12(3)17-4)9-8-10-14(15)16/h8-10,12,17H,5-7,11H2,1-4H3. The van der Waals surface area contributed by atoms with Crippen LogP contribution in [0.4, 0.5) is 10.1 Å². The van der Waals surface area contributed by atoms with Crippen LogP contribution in [0.2, 0.25) is 0 Å². The van der Waals surface area contributed by atoms with Crippen molar-refractivity contribution < 1.29 is 4.39 Å². The summed E-state index contributed by atoms with van der Waals surface area (Å²) in [6.07, 6.45) is 2.22. The fourth-order valence-corrected chi connectivity index (χ4v) is 2.15. The molecule has 0 aliphatic rings. The molecule has 0 saturated heterocycles. The van der Waals surface area contributed by atoms with Gasteiger partial charge in [0.1, 0.15) is 5.82 Å². The molecule has 0 fully saturated rings. The van der Waals surface area contributed by atoms with Crippen LogP contribution >= 0.6 is 0 Å². The maximum absolute atomic E-state index is 14.1. The van der Waals surface area contributed by atoms with Gasteiger partial charge < -0.3 is 10.2 Å². The summed E-state index contributed by atoms with van der Waals surface area (Å²) in [4.78, 5) is 2.14. The molecule has 0 aliphatic heterocycles. The number of nitrogens with zero attached hydrogens (tertiary/aromatic N) is 1. The predicted molar refractivity (Wildman–Crippen MR) is 76.7 cm³/mol. The molecule has 0 aliphatic carbocycles. The monoisotopic (exact) mass is 252 g/mol. The average Bonchev–Trinajstić information content (AvgIpc) is 2.40. The highest BCUT2D eigenvalue weighted by atomic mass is 19.1. The smallest absolute Gasteiger partial charge is 0.146 e. The number of hydrogen-bond donors (Lipinski definition) is 1. The Morgan fingerprint density at radius 2 is 2.06 bits per heavy atom. The minimum atomic E-state index is -0.118. The van der Waals surface area contributed by atoms with Gasteiger partial charge >= 0.3 is 0 Å². The number of halogens is 1. The van der Waals surface area contributed by atoms with E-state index in [1.807, 2.05) is 13.1 Å². The maximum Gasteiger partial charge on any atom is 0.146 e. The summed E-state index contributed by atoms with van der Waals surface area (Å²) >= 11 is 0. The van der Waals surface area contributed by atoms with Gasteiger partial charge in [-0.2, -0.15) is 0 Å². The first-order chi connectivity index (χ1) is 8.65. The molecule has 0 saturated carbocycles. The van der Waals surface area contributed by atoms with Crippen molar-refractivity contribution >= 4 is 5.69 Å². The molecule has 1 aromatic carbocycles. The van der Waals surface area contributed by atoms with Crippen molar-refractivity contribution in [2.24, 2.45) is 0 Å². The van der Waals surface area contributed by atoms with E-state index < -0.39 is 0 Å². The number of anilines is 1. The Morgan fingerprint density at radius 3 is 2.61 bits per heavy atom. The van der Waals surface area contributed by atoms with E-state index in [0.29, 0.717) is 0 Å². The Morgan fingerprint density at radius 1 is 1.33 bits per heavy atom. The molecule has 1 rings (SSSR count). The molecule has 0 radical (unpaired) electrons. The van der Waals surface area contributed by atoms with Gasteiger partial charge in [0.2, 0.25) is 0 Å². The Labute approximate surface area is 110 Å². The highest BCUT2D eigenvalue weighted by Crippen LogP contribution is 2.29. The number of benzene rings is 1. The van der Waals surface area contributed by atoms with Crippen LogP contribution in [0, 0.1) is 5.82 Å². The zero-order chi connectivity index (χ0) is 13.5. The van der Waals surface area contributed by atoms with E-state index in [-0.39, 0.29) is 11.9 Å². The zero-order valence-electron chi connectivity index (χ0n) is 12.0. The van der Waals surface area contributed by atoms with Crippen LogP contribution in [0.25, 0.3) is 0 Å². The molecule has 1 atom stereocenters. The first kappa shape index (κ1) is 15.0. The molecule has 1 aromatic rings. The lowest BCUT2D eigenvalue weighted by Crippen LogP contribution is -2.28. The van der Waals surface area contributed by atoms with Crippen LogP contribution in [0.3, 0.4) is 0 Å². The van der Waals surface area contributed by atoms with Crippen molar-refractivity contribution in [3.05, 3.63) is 29.6 Å². The van der Waals surface area contributed by atoms with Gasteiger partial charge in [-0.25, -0.2) is 4.39 Å². The third-order valence-corrected chi connectivity index (χ3v) is 3.40. The highest BCUT2D eigenvalue weighted by molar-refractivity contribution is 5.56. The second kappa shape index (κ2) is 7.37. The van der Waals surface area contributed by atoms with Crippen molar-refractivity contribution in [2.75, 3.05) is 25.0 Å². The molecule has 2 nitrogen and oxygen atoms in total. The Hall–Kier alpha value is -1.09. The third-order valence-electron chi connectivity index (χ3n) is 3.40. The van der Waals surface area contributed by atoms with Crippen LogP contribution < -0.4 is 10.2 Å². The van der Waals surface area contributed by atoms with Crippen LogP contribution in [0.5, 0.6) is 0 Å². The van der Waals surface area contributed by atoms with Crippen LogP contribution in [-0.2, 0) is 0 Å². The van der Waals surface area contributed by atoms with E-state index >= 15 is 0 Å². The van der Waals surface area contributed by atoms with Gasteiger partial charge in [0.15, 0.2) is 0 Å². The van der Waals surface area contributed by atoms with Gasteiger partial charge in [-0.1, -0.05) is 25.5 Å². The first-order valence-electron chi connectivity index (χ1n) is 6.86. The largest absolute Gasteiger partial charge is 0.369 e. The van der Waals surface area contributed by atoms with Gasteiger partial charge in [-0.3, -0.25) is 0 Å². The Bertz CT molecular complexity index is 366. The normalized spacial score (nSPS) is 12.5. The molecule has 102 valence electrons. The minimum Gasteiger partial charge on any atom is -0.369 e. The lowest BCUT2D eigenvalue weighted by molar-refractivity contribution is 0.594. The third kappa shape index (κ3) is 3.45. The predicted octanol–water partition coefficient (Wildman–Crippen LogP) is 3.73. The second-order valence-electron chi connectivity index (χ2n) is 4.62. The lowest BCUT2D eigenvalue weighted by Gasteiger charge is -2.28. The molecule has 0 spiro atoms. The van der Waals surface area contributed by atoms with Crippen molar-refractivity contribution in [2.45, 2.75) is 39.7 Å². The van der Waals surface area contributed by atoms with Crippen LogP contribution in [-0.4, -0.2) is 20.1 Å². The van der Waals surface area contributed by atoms with Gasteiger partial charge in [-0.05, 0) is 38.9 Å². The summed E-state index contributed by atoms with van der Waals surface area (Å²) in [6, 6.07) is 5.51. The number of rotatable bonds is 7. The lowest BCUT2D eigenvalue weighted by atomic mass is 10.0. The van der Waals surface area contributed by atoms with E-state index in [4.69, 9.17) is 0 Å². The molecule has 0 aromatic heterocycles. The molecule has 1 N–H and O–H groups in total. The summed E-state index contributed by atoms with van der Waals surface area (Å²) in [5, 5.41) is 3.19. The summed E-state index contributed by atoms with van der Waals surface area (Å²) in [6.45, 7) is 8.05. The van der Waals surface area contributed by atoms with Crippen molar-refractivity contribution in [1.82, 2.24) is 5.32 Å². The van der Waals surface area contributed by atoms with Gasteiger partial charge in [-0.15, -0.1) is 0 Å². The number of unbranched alkanes of at least 4 members (excludes halogenated alkanes) is 1. The average molecular weight is 252 g/mol. The minimum absolute atomic E-state index is 0.118. The van der Waals surface area contributed by atoms with Crippen LogP contribution in [0.1, 0.15) is 45.2 Å². The van der Waals surface area contributed by atoms with E-state index in [1.165, 1.54) is 0 Å². The molecule has 3 heteroatoms. The summed E-state index contributed by atoms with van der Waals surface area (Å²) in [7, 11) is 1.90. The molecule has 0 amide bonds. The van der Waals surface area contributed by atoms with Crippen molar-refractivity contribution in [3.63, 3.8) is 0 Å². The topological polar surface area (TPSA) is 15.3 Å². The quantitative estimate of drug-likeness (QED) is 0.795. The van der Waals surface area contributed by atoms with Gasteiger partial charge in [0, 0.05) is 19.1 Å². The maximum atomic E-state index is 14.1. The fourth-order valence-electron chi connectivity index (χ4n) is 2.15. The van der Waals surface area contributed by atoms with Gasteiger partial charge in [0.05, 0.1) is 5.69 Å². The Kier molecular flexibility index (Phi) is 6.13. The zero-order valence-corrected chi connectivity index (χ0v) is 12.0. The number of nitrogens with one attached hydrogen (secondary N) is 1. The van der Waals surface area contributed by atoms with Crippen molar-refractivity contribution in [1.29, 1.82) is 0 Å². The molecule has 0 heterocycles. The summed E-state index contributed by atoms with van der Waals surface area (Å²) < 4.78 is 14.1. The Balaban J connectivity index is 3.10. The molecule has 0 bridgehead atoms. The molecule has 1 unspecified atom stereocenters. The molecule has 18 heavy (non-hydrogen) atoms. The molecular weight excluding hydrogens is 227 g/mol. The second-order valence-corrected chi connectivity index (χ2v) is 4.62. The fraction of sp³-hybridized carbons (Fsp3) is 0.600. The van der Waals surface area contributed by atoms with E-state index in [9.17, 15) is 4.39 Å². The SMILES string of the molecule is CCCCN(CC)c1c(F)cccc1C(C)NC. The van der Waals surface area contributed by atoms with Crippen LogP contribution in [0.15, 0.2) is 18.2 Å². The number of hydrogen-bond acceptors (Lipinski definition) is 2. The summed E-state index contributed by atoms with van der Waals surface area (Å²) in [5.41, 5.74) is 1.80. The van der Waals surface area contributed by atoms with E-state index in [0.717, 1.165) is 37.2 Å². The highest BCUT2D eigenvalue weighted by Gasteiger charge is 2.17. The van der Waals surface area contributed by atoms with E-state index in [2.05, 4.69) is 31.0 Å². The van der Waals surface area contributed by atoms with Gasteiger partial charge in [0.25, 0.3) is 0 Å². The number of para-hydroxylation sites is 1. The van der Waals surface area contributed by atoms with Crippen molar-refractivity contribution in [3.8, 4) is 0 Å². The molecular formula is C15H25FN2. The summed E-state index contributed by atoms with van der Waals surface area (Å²) in [5.74, 6) is -0.118. The first-order valence-corrected chi connectivity index (χ1v) is 6.86.